The van der Waals surface area contributed by atoms with Crippen molar-refractivity contribution in [2.24, 2.45) is 0 Å². The van der Waals surface area contributed by atoms with Crippen LogP contribution in [0.15, 0.2) is 30.5 Å². The molecule has 7 nitrogen and oxygen atoms in total. The third-order valence-electron chi connectivity index (χ3n) is 3.69. The van der Waals surface area contributed by atoms with Gasteiger partial charge in [0.2, 0.25) is 0 Å². The van der Waals surface area contributed by atoms with Crippen LogP contribution in [0, 0.1) is 0 Å². The van der Waals surface area contributed by atoms with Crippen molar-refractivity contribution < 1.29 is 19.8 Å². The van der Waals surface area contributed by atoms with Crippen molar-refractivity contribution in [1.82, 2.24) is 10.3 Å². The molecule has 0 amide bonds. The van der Waals surface area contributed by atoms with Gasteiger partial charge in [-0.2, -0.15) is 0 Å². The Balaban J connectivity index is 0.000000242. The molecule has 2 heterocycles. The lowest BCUT2D eigenvalue weighted by atomic mass is 10.1. The smallest absolute Gasteiger partial charge is 0.303 e. The molecule has 0 atom stereocenters. The van der Waals surface area contributed by atoms with Crippen molar-refractivity contribution in [3.05, 3.63) is 35.5 Å². The van der Waals surface area contributed by atoms with E-state index in [4.69, 9.17) is 21.8 Å². The van der Waals surface area contributed by atoms with Crippen molar-refractivity contribution in [1.29, 1.82) is 0 Å². The molecule has 0 spiro atoms. The lowest BCUT2D eigenvalue weighted by Crippen LogP contribution is -2.43. The minimum atomic E-state index is -1.08. The number of nitrogens with one attached hydrogen (secondary N) is 1. The first-order chi connectivity index (χ1) is 12.0. The van der Waals surface area contributed by atoms with Crippen LogP contribution in [0.4, 0.5) is 5.69 Å². The Morgan fingerprint density at radius 1 is 1.12 bits per heavy atom. The van der Waals surface area contributed by atoms with Gasteiger partial charge in [-0.3, -0.25) is 14.6 Å². The summed E-state index contributed by atoms with van der Waals surface area (Å²) < 4.78 is 0. The van der Waals surface area contributed by atoms with Crippen LogP contribution in [0.5, 0.6) is 0 Å². The molecule has 1 aromatic carbocycles. The number of hydrogen-bond acceptors (Lipinski definition) is 5. The van der Waals surface area contributed by atoms with Crippen molar-refractivity contribution >= 4 is 40.1 Å². The molecule has 25 heavy (non-hydrogen) atoms. The average Bonchev–Trinajstić information content (AvgIpc) is 2.60. The summed E-state index contributed by atoms with van der Waals surface area (Å²) in [6, 6.07) is 7.99. The number of aromatic nitrogens is 1. The molecule has 0 unspecified atom stereocenters. The summed E-state index contributed by atoms with van der Waals surface area (Å²) in [5.74, 6) is -2.15. The van der Waals surface area contributed by atoms with E-state index in [0.29, 0.717) is 0 Å². The second-order valence-corrected chi connectivity index (χ2v) is 5.95. The monoisotopic (exact) mass is 365 g/mol. The maximum Gasteiger partial charge on any atom is 0.303 e. The van der Waals surface area contributed by atoms with Gasteiger partial charge in [0.1, 0.15) is 0 Å². The summed E-state index contributed by atoms with van der Waals surface area (Å²) in [5, 5.41) is 21.1. The summed E-state index contributed by atoms with van der Waals surface area (Å²) >= 11 is 5.99. The maximum absolute atomic E-state index is 9.64. The van der Waals surface area contributed by atoms with Gasteiger partial charge in [0.25, 0.3) is 0 Å². The van der Waals surface area contributed by atoms with E-state index in [1.165, 1.54) is 11.1 Å². The molecule has 1 aliphatic heterocycles. The molecule has 1 saturated heterocycles. The third kappa shape index (κ3) is 5.88. The van der Waals surface area contributed by atoms with Crippen molar-refractivity contribution in [2.75, 3.05) is 31.1 Å². The minimum absolute atomic E-state index is 0.296. The number of carbonyl (C=O) groups is 2. The highest BCUT2D eigenvalue weighted by Gasteiger charge is 2.13. The highest BCUT2D eigenvalue weighted by Crippen LogP contribution is 2.27. The van der Waals surface area contributed by atoms with Crippen molar-refractivity contribution in [2.45, 2.75) is 12.8 Å². The molecule has 0 radical (unpaired) electrons. The number of piperazine rings is 1. The van der Waals surface area contributed by atoms with Crippen LogP contribution in [0.3, 0.4) is 0 Å². The van der Waals surface area contributed by atoms with E-state index in [2.05, 4.69) is 27.3 Å². The van der Waals surface area contributed by atoms with E-state index in [-0.39, 0.29) is 12.8 Å². The van der Waals surface area contributed by atoms with E-state index in [1.807, 2.05) is 18.3 Å². The molecule has 3 N–H and O–H groups in total. The van der Waals surface area contributed by atoms with E-state index >= 15 is 0 Å². The predicted molar refractivity (Wildman–Crippen MR) is 96.3 cm³/mol. The molecule has 1 aromatic heterocycles. The lowest BCUT2D eigenvalue weighted by molar-refractivity contribution is -0.143. The van der Waals surface area contributed by atoms with E-state index < -0.39 is 11.9 Å². The number of pyridine rings is 1. The Morgan fingerprint density at radius 2 is 1.76 bits per heavy atom. The molecule has 134 valence electrons. The van der Waals surface area contributed by atoms with Gasteiger partial charge in [-0.15, -0.1) is 0 Å². The molecule has 0 bridgehead atoms. The lowest BCUT2D eigenvalue weighted by Gasteiger charge is -2.30. The maximum atomic E-state index is 9.64. The van der Waals surface area contributed by atoms with Gasteiger partial charge in [-0.25, -0.2) is 0 Å². The van der Waals surface area contributed by atoms with Crippen molar-refractivity contribution in [3.63, 3.8) is 0 Å². The Morgan fingerprint density at radius 3 is 2.36 bits per heavy atom. The van der Waals surface area contributed by atoms with Gasteiger partial charge >= 0.3 is 11.9 Å². The Hall–Kier alpha value is -2.38. The number of benzene rings is 1. The van der Waals surface area contributed by atoms with E-state index in [9.17, 15) is 9.59 Å². The normalized spacial score (nSPS) is 13.9. The topological polar surface area (TPSA) is 103 Å². The van der Waals surface area contributed by atoms with Crippen LogP contribution in [0.1, 0.15) is 12.8 Å². The molecule has 0 saturated carbocycles. The van der Waals surface area contributed by atoms with Crippen LogP contribution >= 0.6 is 11.6 Å². The van der Waals surface area contributed by atoms with Crippen LogP contribution in [-0.4, -0.2) is 53.3 Å². The molecular weight excluding hydrogens is 346 g/mol. The van der Waals surface area contributed by atoms with Crippen LogP contribution in [0.25, 0.3) is 10.9 Å². The SMILES string of the molecule is Clc1ccc2c(N3CCNCC3)ccnc2c1.O=C(O)CCC(=O)O. The zero-order valence-corrected chi connectivity index (χ0v) is 14.4. The van der Waals surface area contributed by atoms with Gasteiger partial charge in [-0.1, -0.05) is 11.6 Å². The van der Waals surface area contributed by atoms with Crippen LogP contribution < -0.4 is 10.2 Å². The number of aliphatic carboxylic acids is 2. The molecule has 0 aliphatic carbocycles. The summed E-state index contributed by atoms with van der Waals surface area (Å²) in [6.07, 6.45) is 1.26. The fourth-order valence-corrected chi connectivity index (χ4v) is 2.67. The summed E-state index contributed by atoms with van der Waals surface area (Å²) in [4.78, 5) is 26.0. The van der Waals surface area contributed by atoms with E-state index in [1.54, 1.807) is 0 Å². The standard InChI is InChI=1S/C13H14ClN3.C4H6O4/c14-10-1-2-11-12(9-10)16-4-3-13(11)17-7-5-15-6-8-17;5-3(6)1-2-4(7)8/h1-4,9,15H,5-8H2;1-2H2,(H,5,6)(H,7,8). The first-order valence-corrected chi connectivity index (χ1v) is 8.28. The molecular formula is C17H20ClN3O4. The van der Waals surface area contributed by atoms with Gasteiger partial charge in [0, 0.05) is 48.5 Å². The largest absolute Gasteiger partial charge is 0.481 e. The zero-order chi connectivity index (χ0) is 18.2. The van der Waals surface area contributed by atoms with Gasteiger partial charge in [-0.05, 0) is 24.3 Å². The molecule has 3 rings (SSSR count). The van der Waals surface area contributed by atoms with Gasteiger partial charge < -0.3 is 20.4 Å². The second-order valence-electron chi connectivity index (χ2n) is 5.52. The van der Waals surface area contributed by atoms with Gasteiger partial charge in [0.15, 0.2) is 0 Å². The number of carboxylic acid groups (broad SMARTS) is 2. The number of halogens is 1. The number of carboxylic acids is 2. The summed E-state index contributed by atoms with van der Waals surface area (Å²) in [7, 11) is 0. The summed E-state index contributed by atoms with van der Waals surface area (Å²) in [6.45, 7) is 4.16. The van der Waals surface area contributed by atoms with E-state index in [0.717, 1.165) is 36.7 Å². The minimum Gasteiger partial charge on any atom is -0.481 e. The van der Waals surface area contributed by atoms with Crippen LogP contribution in [0.2, 0.25) is 5.02 Å². The number of anilines is 1. The summed E-state index contributed by atoms with van der Waals surface area (Å²) in [5.41, 5.74) is 2.22. The molecule has 1 aliphatic rings. The Kier molecular flexibility index (Phi) is 6.97. The Bertz CT molecular complexity index is 734. The number of rotatable bonds is 4. The molecule has 8 heteroatoms. The predicted octanol–water partition coefficient (Wildman–Crippen LogP) is 2.23. The number of hydrogen-bond donors (Lipinski definition) is 3. The first-order valence-electron chi connectivity index (χ1n) is 7.91. The fraction of sp³-hybridized carbons (Fsp3) is 0.353. The first kappa shape index (κ1) is 19.0. The second kappa shape index (κ2) is 9.19. The fourth-order valence-electron chi connectivity index (χ4n) is 2.50. The van der Waals surface area contributed by atoms with Gasteiger partial charge in [0.05, 0.1) is 18.4 Å². The Labute approximate surface area is 150 Å². The molecule has 2 aromatic rings. The number of nitrogens with zero attached hydrogens (tertiary/aromatic N) is 2. The highest BCUT2D eigenvalue weighted by atomic mass is 35.5. The highest BCUT2D eigenvalue weighted by molar-refractivity contribution is 6.31. The van der Waals surface area contributed by atoms with Crippen LogP contribution in [-0.2, 0) is 9.59 Å². The average molecular weight is 366 g/mol. The molecule has 1 fully saturated rings. The third-order valence-corrected chi connectivity index (χ3v) is 3.93. The zero-order valence-electron chi connectivity index (χ0n) is 13.6. The number of fused-ring (bicyclic) bond motifs is 1. The quantitative estimate of drug-likeness (QED) is 0.763. The van der Waals surface area contributed by atoms with Crippen molar-refractivity contribution in [3.8, 4) is 0 Å².